The Bertz CT molecular complexity index is 447. The average Bonchev–Trinajstić information content (AvgIpc) is 2.46. The molecule has 106 valence electrons. The van der Waals surface area contributed by atoms with Crippen LogP contribution in [0.2, 0.25) is 5.31 Å². The Morgan fingerprint density at radius 3 is 1.60 bits per heavy atom. The molecule has 0 atom stereocenters. The van der Waals surface area contributed by atoms with Crippen LogP contribution >= 0.6 is 0 Å². The van der Waals surface area contributed by atoms with Crippen molar-refractivity contribution >= 4 is 12.0 Å². The zero-order valence-electron chi connectivity index (χ0n) is 14.3. The van der Waals surface area contributed by atoms with Gasteiger partial charge in [0.1, 0.15) is 0 Å². The van der Waals surface area contributed by atoms with Gasteiger partial charge in [0.15, 0.2) is 0 Å². The largest absolute Gasteiger partial charge is 1.00 e. The predicted molar refractivity (Wildman–Crippen MR) is 81.9 cm³/mol. The summed E-state index contributed by atoms with van der Waals surface area (Å²) in [6, 6.07) is 10.4. The van der Waals surface area contributed by atoms with Gasteiger partial charge >= 0.3 is 18.9 Å². The molecule has 1 fully saturated rings. The summed E-state index contributed by atoms with van der Waals surface area (Å²) >= 11 is 0. The molecule has 1 aromatic carbocycles. The van der Waals surface area contributed by atoms with Crippen LogP contribution in [0.4, 0.5) is 0 Å². The van der Waals surface area contributed by atoms with Gasteiger partial charge in [-0.3, -0.25) is 0 Å². The normalized spacial score (nSPS) is 23.1. The second kappa shape index (κ2) is 5.22. The zero-order valence-corrected chi connectivity index (χ0v) is 14.3. The van der Waals surface area contributed by atoms with Crippen molar-refractivity contribution < 1.29 is 28.2 Å². The summed E-state index contributed by atoms with van der Waals surface area (Å²) < 4.78 is 13.1. The fourth-order valence-electron chi connectivity index (χ4n) is 2.83. The van der Waals surface area contributed by atoms with Crippen molar-refractivity contribution in [2.75, 3.05) is 0 Å². The Kier molecular flexibility index (Phi) is 4.66. The molecule has 0 saturated carbocycles. The molecule has 1 aliphatic rings. The smallest absolute Gasteiger partial charge is 0.558 e. The van der Waals surface area contributed by atoms with Crippen molar-refractivity contribution in [1.82, 2.24) is 0 Å². The summed E-state index contributed by atoms with van der Waals surface area (Å²) in [6.07, 6.45) is 0. The maximum absolute atomic E-state index is 6.54. The topological polar surface area (TPSA) is 18.5 Å². The van der Waals surface area contributed by atoms with Crippen LogP contribution in [0.3, 0.4) is 0 Å². The Morgan fingerprint density at radius 2 is 1.25 bits per heavy atom. The minimum atomic E-state index is -1.51. The van der Waals surface area contributed by atoms with Gasteiger partial charge in [-0.2, -0.15) is 5.46 Å². The summed E-state index contributed by atoms with van der Waals surface area (Å²) in [4.78, 5) is 0. The van der Waals surface area contributed by atoms with Crippen LogP contribution in [-0.2, 0) is 9.31 Å². The summed E-state index contributed by atoms with van der Waals surface area (Å²) in [7, 11) is 0. The van der Waals surface area contributed by atoms with Gasteiger partial charge in [0, 0.05) is 11.2 Å². The van der Waals surface area contributed by atoms with Gasteiger partial charge < -0.3 is 9.31 Å². The van der Waals surface area contributed by atoms with Crippen LogP contribution < -0.4 is 24.3 Å². The Labute approximate surface area is 135 Å². The van der Waals surface area contributed by atoms with E-state index in [1.165, 1.54) is 0 Å². The molecular weight excluding hydrogens is 242 g/mol. The van der Waals surface area contributed by atoms with Crippen molar-refractivity contribution in [2.45, 2.75) is 65.0 Å². The second-order valence-corrected chi connectivity index (χ2v) is 7.74. The van der Waals surface area contributed by atoms with Gasteiger partial charge in [-0.1, -0.05) is 51.1 Å². The van der Waals surface area contributed by atoms with Crippen LogP contribution in [0, 0.1) is 0 Å². The van der Waals surface area contributed by atoms with Gasteiger partial charge in [0.25, 0.3) is 6.55 Å². The molecule has 1 aliphatic heterocycles. The van der Waals surface area contributed by atoms with Crippen molar-refractivity contribution in [1.29, 1.82) is 0 Å². The third-order valence-electron chi connectivity index (χ3n) is 4.75. The Hall–Kier alpha value is -0.198. The first-order chi connectivity index (χ1) is 8.52. The standard InChI is InChI=1S/C16H26BO2.Li/c1-14(2,3)17(13-11-9-8-10-12-13)18-15(4,5)16(6,7)19-17;/h8-12H,1-7H3;/q-1;+1. The van der Waals surface area contributed by atoms with Crippen LogP contribution in [-0.4, -0.2) is 17.8 Å². The fraction of sp³-hybridized carbons (Fsp3) is 0.625. The summed E-state index contributed by atoms with van der Waals surface area (Å²) in [5.74, 6) is 0. The van der Waals surface area contributed by atoms with E-state index in [0.717, 1.165) is 5.46 Å². The van der Waals surface area contributed by atoms with E-state index in [4.69, 9.17) is 9.31 Å². The van der Waals surface area contributed by atoms with Crippen LogP contribution in [0.15, 0.2) is 30.3 Å². The first-order valence-electron chi connectivity index (χ1n) is 7.12. The first-order valence-corrected chi connectivity index (χ1v) is 7.12. The van der Waals surface area contributed by atoms with E-state index in [2.05, 4.69) is 72.7 Å². The van der Waals surface area contributed by atoms with Gasteiger partial charge in [0.2, 0.25) is 0 Å². The van der Waals surface area contributed by atoms with Crippen molar-refractivity contribution in [3.05, 3.63) is 30.3 Å². The molecule has 0 radical (unpaired) electrons. The summed E-state index contributed by atoms with van der Waals surface area (Å²) in [6.45, 7) is 13.5. The third-order valence-corrected chi connectivity index (χ3v) is 4.75. The number of hydrogen-bond donors (Lipinski definition) is 0. The molecule has 1 aromatic rings. The molecule has 0 spiro atoms. The van der Waals surface area contributed by atoms with Crippen LogP contribution in [0.5, 0.6) is 0 Å². The Balaban J connectivity index is 0.00000200. The second-order valence-electron chi connectivity index (χ2n) is 7.74. The number of benzene rings is 1. The number of rotatable bonds is 1. The van der Waals surface area contributed by atoms with E-state index >= 15 is 0 Å². The molecule has 0 bridgehead atoms. The average molecular weight is 268 g/mol. The molecule has 2 rings (SSSR count). The molecule has 0 aromatic heterocycles. The maximum atomic E-state index is 6.54. The number of hydrogen-bond acceptors (Lipinski definition) is 2. The molecule has 2 nitrogen and oxygen atoms in total. The molecule has 0 aliphatic carbocycles. The third kappa shape index (κ3) is 2.62. The van der Waals surface area contributed by atoms with E-state index in [9.17, 15) is 0 Å². The zero-order chi connectivity index (χ0) is 14.5. The van der Waals surface area contributed by atoms with Crippen molar-refractivity contribution in [2.24, 2.45) is 0 Å². The molecule has 0 amide bonds. The monoisotopic (exact) mass is 268 g/mol. The molecule has 0 unspecified atom stereocenters. The van der Waals surface area contributed by atoms with Crippen molar-refractivity contribution in [3.63, 3.8) is 0 Å². The summed E-state index contributed by atoms with van der Waals surface area (Å²) in [5.41, 5.74) is 0.528. The van der Waals surface area contributed by atoms with Gasteiger partial charge in [-0.15, -0.1) is 5.31 Å². The molecule has 0 N–H and O–H groups in total. The fourth-order valence-corrected chi connectivity index (χ4v) is 2.83. The molecule has 1 heterocycles. The van der Waals surface area contributed by atoms with Crippen molar-refractivity contribution in [3.8, 4) is 0 Å². The van der Waals surface area contributed by atoms with Crippen LogP contribution in [0.1, 0.15) is 48.5 Å². The molecule has 4 heteroatoms. The Morgan fingerprint density at radius 1 is 0.850 bits per heavy atom. The maximum Gasteiger partial charge on any atom is 1.00 e. The minimum absolute atomic E-state index is 0. The van der Waals surface area contributed by atoms with Gasteiger partial charge in [-0.25, -0.2) is 0 Å². The quantitative estimate of drug-likeness (QED) is 0.700. The molecular formula is C16H26BLiO2. The van der Waals surface area contributed by atoms with Crippen LogP contribution in [0.25, 0.3) is 0 Å². The van der Waals surface area contributed by atoms with E-state index in [1.54, 1.807) is 0 Å². The molecule has 20 heavy (non-hydrogen) atoms. The van der Waals surface area contributed by atoms with E-state index in [0.29, 0.717) is 0 Å². The first kappa shape index (κ1) is 17.9. The summed E-state index contributed by atoms with van der Waals surface area (Å²) in [5, 5.41) is -0.0909. The minimum Gasteiger partial charge on any atom is -0.558 e. The molecule has 1 saturated heterocycles. The van der Waals surface area contributed by atoms with E-state index in [-0.39, 0.29) is 35.4 Å². The van der Waals surface area contributed by atoms with Gasteiger partial charge in [0.05, 0.1) is 0 Å². The van der Waals surface area contributed by atoms with E-state index < -0.39 is 6.55 Å². The van der Waals surface area contributed by atoms with E-state index in [1.807, 2.05) is 6.07 Å². The van der Waals surface area contributed by atoms with Gasteiger partial charge in [-0.05, 0) is 27.7 Å². The SMILES string of the molecule is CC(C)(C)[B-]1(c2ccccc2)OC(C)(C)C(C)(C)O1.[Li+]. The predicted octanol–water partition coefficient (Wildman–Crippen LogP) is 0.744.